The van der Waals surface area contributed by atoms with E-state index >= 15 is 0 Å². The zero-order chi connectivity index (χ0) is 8.10. The zero-order valence-corrected chi connectivity index (χ0v) is 6.38. The van der Waals surface area contributed by atoms with Gasteiger partial charge < -0.3 is 15.7 Å². The summed E-state index contributed by atoms with van der Waals surface area (Å²) in [7, 11) is 0. The first-order valence-corrected chi connectivity index (χ1v) is 3.64. The summed E-state index contributed by atoms with van der Waals surface area (Å²) in [5, 5.41) is 15.0. The van der Waals surface area contributed by atoms with Crippen LogP contribution in [0, 0.1) is 0 Å². The van der Waals surface area contributed by atoms with Crippen molar-refractivity contribution in [3.8, 4) is 0 Å². The smallest absolute Gasteiger partial charge is 0.191 e. The first-order valence-electron chi connectivity index (χ1n) is 3.64. The summed E-state index contributed by atoms with van der Waals surface area (Å²) in [6.45, 7) is 5.31. The number of aliphatic hydroxyl groups is 1. The maximum Gasteiger partial charge on any atom is 0.191 e. The van der Waals surface area contributed by atoms with E-state index in [2.05, 4.69) is 22.2 Å². The van der Waals surface area contributed by atoms with Crippen LogP contribution in [-0.4, -0.2) is 36.8 Å². The van der Waals surface area contributed by atoms with Crippen LogP contribution >= 0.6 is 0 Å². The van der Waals surface area contributed by atoms with Crippen LogP contribution < -0.4 is 10.6 Å². The number of guanidine groups is 1. The van der Waals surface area contributed by atoms with Crippen molar-refractivity contribution in [1.82, 2.24) is 10.6 Å². The third kappa shape index (κ3) is 2.59. The highest BCUT2D eigenvalue weighted by atomic mass is 16.3. The molecule has 0 spiro atoms. The molecule has 0 aliphatic carbocycles. The lowest BCUT2D eigenvalue weighted by molar-refractivity contribution is 0.180. The normalized spacial score (nSPS) is 23.4. The van der Waals surface area contributed by atoms with Gasteiger partial charge >= 0.3 is 0 Å². The van der Waals surface area contributed by atoms with Gasteiger partial charge in [-0.1, -0.05) is 6.08 Å². The molecular formula is C7H13N3O. The van der Waals surface area contributed by atoms with Gasteiger partial charge in [-0.3, -0.25) is 4.99 Å². The fourth-order valence-electron chi connectivity index (χ4n) is 0.819. The van der Waals surface area contributed by atoms with Crippen molar-refractivity contribution in [2.24, 2.45) is 4.99 Å². The first-order chi connectivity index (χ1) is 5.33. The second kappa shape index (κ2) is 3.98. The molecule has 0 aromatic rings. The van der Waals surface area contributed by atoms with Crippen LogP contribution in [0.5, 0.6) is 0 Å². The van der Waals surface area contributed by atoms with Crippen molar-refractivity contribution in [2.45, 2.75) is 6.10 Å². The maximum absolute atomic E-state index is 9.03. The molecule has 0 radical (unpaired) electrons. The Labute approximate surface area is 66.0 Å². The van der Waals surface area contributed by atoms with Crippen LogP contribution in [0.15, 0.2) is 17.6 Å². The van der Waals surface area contributed by atoms with E-state index < -0.39 is 0 Å². The topological polar surface area (TPSA) is 56.7 Å². The van der Waals surface area contributed by atoms with Gasteiger partial charge in [0.05, 0.1) is 12.6 Å². The number of nitrogens with one attached hydrogen (secondary N) is 2. The Morgan fingerprint density at radius 1 is 1.91 bits per heavy atom. The Hall–Kier alpha value is -1.03. The van der Waals surface area contributed by atoms with Crippen molar-refractivity contribution in [2.75, 3.05) is 19.6 Å². The van der Waals surface area contributed by atoms with Gasteiger partial charge in [0.15, 0.2) is 5.96 Å². The molecule has 1 rings (SSSR count). The van der Waals surface area contributed by atoms with Gasteiger partial charge in [0.1, 0.15) is 0 Å². The first kappa shape index (κ1) is 8.07. The molecule has 0 saturated heterocycles. The Kier molecular flexibility index (Phi) is 2.92. The molecule has 0 aromatic carbocycles. The monoisotopic (exact) mass is 155 g/mol. The molecular weight excluding hydrogens is 142 g/mol. The van der Waals surface area contributed by atoms with Gasteiger partial charge in [0, 0.05) is 13.1 Å². The van der Waals surface area contributed by atoms with Crippen LogP contribution in [0.4, 0.5) is 0 Å². The standard InChI is InChI=1S/C7H13N3O/c1-2-3-8-7-9-4-6(11)5-10-7/h2,6,11H,1,3-5H2,(H2,8,9,10). The third-order valence-corrected chi connectivity index (χ3v) is 1.38. The average molecular weight is 155 g/mol. The van der Waals surface area contributed by atoms with Gasteiger partial charge in [-0.15, -0.1) is 6.58 Å². The Balaban J connectivity index is 2.29. The lowest BCUT2D eigenvalue weighted by Gasteiger charge is -2.19. The number of rotatable bonds is 2. The van der Waals surface area contributed by atoms with Crippen LogP contribution in [0.2, 0.25) is 0 Å². The minimum atomic E-state index is -0.343. The fourth-order valence-corrected chi connectivity index (χ4v) is 0.819. The molecule has 0 amide bonds. The summed E-state index contributed by atoms with van der Waals surface area (Å²) in [5.74, 6) is 0.746. The van der Waals surface area contributed by atoms with Crippen molar-refractivity contribution in [3.05, 3.63) is 12.7 Å². The van der Waals surface area contributed by atoms with Crippen molar-refractivity contribution >= 4 is 5.96 Å². The SMILES string of the molecule is C=CCNC1=NCC(O)CN1. The summed E-state index contributed by atoms with van der Waals surface area (Å²) in [6, 6.07) is 0. The molecule has 0 saturated carbocycles. The molecule has 0 bridgehead atoms. The largest absolute Gasteiger partial charge is 0.389 e. The van der Waals surface area contributed by atoms with Gasteiger partial charge in [-0.2, -0.15) is 0 Å². The molecule has 4 nitrogen and oxygen atoms in total. The molecule has 1 unspecified atom stereocenters. The highest BCUT2D eigenvalue weighted by molar-refractivity contribution is 5.80. The van der Waals surface area contributed by atoms with Crippen LogP contribution in [0.25, 0.3) is 0 Å². The summed E-state index contributed by atoms with van der Waals surface area (Å²) < 4.78 is 0. The molecule has 4 heteroatoms. The van der Waals surface area contributed by atoms with Gasteiger partial charge in [-0.05, 0) is 0 Å². The van der Waals surface area contributed by atoms with E-state index in [9.17, 15) is 0 Å². The van der Waals surface area contributed by atoms with Crippen molar-refractivity contribution in [1.29, 1.82) is 0 Å². The number of nitrogens with zero attached hydrogens (tertiary/aromatic N) is 1. The number of hydrogen-bond donors (Lipinski definition) is 3. The molecule has 1 aliphatic rings. The second-order valence-electron chi connectivity index (χ2n) is 2.39. The Morgan fingerprint density at radius 2 is 2.73 bits per heavy atom. The van der Waals surface area contributed by atoms with E-state index in [1.54, 1.807) is 6.08 Å². The average Bonchev–Trinajstić information content (AvgIpc) is 2.04. The number of aliphatic hydroxyl groups excluding tert-OH is 1. The maximum atomic E-state index is 9.03. The lowest BCUT2D eigenvalue weighted by Crippen LogP contribution is -2.46. The third-order valence-electron chi connectivity index (χ3n) is 1.38. The molecule has 0 aromatic heterocycles. The molecule has 11 heavy (non-hydrogen) atoms. The van der Waals surface area contributed by atoms with Crippen molar-refractivity contribution in [3.63, 3.8) is 0 Å². The number of hydrogen-bond acceptors (Lipinski definition) is 4. The summed E-state index contributed by atoms with van der Waals surface area (Å²) in [6.07, 6.45) is 1.42. The number of β-amino-alcohol motifs (C(OH)–C–C–N with tert-alkyl or cyclic N) is 1. The van der Waals surface area contributed by atoms with Gasteiger partial charge in [0.2, 0.25) is 0 Å². The van der Waals surface area contributed by atoms with Gasteiger partial charge in [0.25, 0.3) is 0 Å². The predicted molar refractivity (Wildman–Crippen MR) is 44.5 cm³/mol. The van der Waals surface area contributed by atoms with E-state index in [1.807, 2.05) is 0 Å². The van der Waals surface area contributed by atoms with Crippen LogP contribution in [-0.2, 0) is 0 Å². The highest BCUT2D eigenvalue weighted by Gasteiger charge is 2.09. The number of aliphatic imine (C=N–C) groups is 1. The summed E-state index contributed by atoms with van der Waals surface area (Å²) >= 11 is 0. The molecule has 62 valence electrons. The molecule has 1 aliphatic heterocycles. The van der Waals surface area contributed by atoms with Gasteiger partial charge in [-0.25, -0.2) is 0 Å². The van der Waals surface area contributed by atoms with E-state index in [-0.39, 0.29) is 6.10 Å². The quantitative estimate of drug-likeness (QED) is 0.452. The zero-order valence-electron chi connectivity index (χ0n) is 6.38. The molecule has 3 N–H and O–H groups in total. The summed E-state index contributed by atoms with van der Waals surface area (Å²) in [5.41, 5.74) is 0. The lowest BCUT2D eigenvalue weighted by atomic mass is 10.3. The summed E-state index contributed by atoms with van der Waals surface area (Å²) in [4.78, 5) is 4.04. The Morgan fingerprint density at radius 3 is 3.27 bits per heavy atom. The van der Waals surface area contributed by atoms with Crippen LogP contribution in [0.3, 0.4) is 0 Å². The molecule has 1 atom stereocenters. The second-order valence-corrected chi connectivity index (χ2v) is 2.39. The fraction of sp³-hybridized carbons (Fsp3) is 0.571. The highest BCUT2D eigenvalue weighted by Crippen LogP contribution is 1.88. The van der Waals surface area contributed by atoms with Crippen molar-refractivity contribution < 1.29 is 5.11 Å². The predicted octanol–water partition coefficient (Wildman–Crippen LogP) is -0.918. The minimum absolute atomic E-state index is 0.343. The van der Waals surface area contributed by atoms with E-state index in [4.69, 9.17) is 5.11 Å². The Bertz CT molecular complexity index is 167. The van der Waals surface area contributed by atoms with E-state index in [1.165, 1.54) is 0 Å². The van der Waals surface area contributed by atoms with E-state index in [0.29, 0.717) is 19.6 Å². The molecule has 0 fully saturated rings. The minimum Gasteiger partial charge on any atom is -0.389 e. The van der Waals surface area contributed by atoms with E-state index in [0.717, 1.165) is 5.96 Å². The molecule has 1 heterocycles. The van der Waals surface area contributed by atoms with Crippen LogP contribution in [0.1, 0.15) is 0 Å².